The van der Waals surface area contributed by atoms with E-state index in [9.17, 15) is 34.2 Å². The number of likely N-dealkylation sites (N-methyl/N-ethyl adjacent to an activating group) is 1. The number of rotatable bonds is 9. The maximum Gasteiger partial charge on any atom is 0.336 e. The lowest BCUT2D eigenvalue weighted by molar-refractivity contribution is -0.873. The second kappa shape index (κ2) is 11.2. The molecule has 0 radical (unpaired) electrons. The van der Waals surface area contributed by atoms with E-state index in [1.807, 2.05) is 21.1 Å². The molecule has 2 atom stereocenters. The molecular formula is C15H25NO11. The predicted molar refractivity (Wildman–Crippen MR) is 84.8 cm³/mol. The van der Waals surface area contributed by atoms with Gasteiger partial charge in [0.05, 0.1) is 34.0 Å². The lowest BCUT2D eigenvalue weighted by atomic mass is 9.96. The Kier molecular flexibility index (Phi) is 11.1. The average molecular weight is 395 g/mol. The van der Waals surface area contributed by atoms with E-state index in [0.717, 1.165) is 6.92 Å². The topological polar surface area (TPSA) is 199 Å². The molecule has 0 saturated carbocycles. The Morgan fingerprint density at radius 1 is 1.07 bits per heavy atom. The summed E-state index contributed by atoms with van der Waals surface area (Å²) in [6.07, 6.45) is -3.38. The average Bonchev–Trinajstić information content (AvgIpc) is 2.32. The number of hydrogen-bond acceptors (Lipinski definition) is 9. The number of aliphatic hydroxyl groups is 2. The number of ether oxygens (including phenoxy) is 1. The summed E-state index contributed by atoms with van der Waals surface area (Å²) in [6, 6.07) is 0. The summed E-state index contributed by atoms with van der Waals surface area (Å²) in [6.45, 7) is 1.34. The fourth-order valence-electron chi connectivity index (χ4n) is 1.79. The molecule has 4 N–H and O–H groups in total. The van der Waals surface area contributed by atoms with Crippen LogP contribution < -0.4 is 5.11 Å². The first-order valence-corrected chi connectivity index (χ1v) is 7.55. The largest absolute Gasteiger partial charge is 0.550 e. The van der Waals surface area contributed by atoms with Crippen molar-refractivity contribution >= 4 is 29.8 Å². The maximum atomic E-state index is 10.9. The molecule has 0 bridgehead atoms. The fourth-order valence-corrected chi connectivity index (χ4v) is 1.79. The van der Waals surface area contributed by atoms with Gasteiger partial charge in [0, 0.05) is 19.3 Å². The maximum absolute atomic E-state index is 10.9. The monoisotopic (exact) mass is 395 g/mol. The van der Waals surface area contributed by atoms with E-state index >= 15 is 0 Å². The molecule has 0 saturated heterocycles. The van der Waals surface area contributed by atoms with Gasteiger partial charge in [-0.1, -0.05) is 0 Å². The standard InChI is InChI=1S/C8H10O8.C7H15NO3/c1-4(9)16-6(12)3-8(15,7(13)14)2-5(10)11;1-8(2,3)5-6(9)4-7(10)11/h15H,2-3H2,1H3,(H,10,11)(H,13,14);6,9H,4-5H2,1-3H3/t;6-/m.1/s1. The number of hydrogen-bond donors (Lipinski definition) is 4. The normalized spacial score (nSPS) is 14.0. The van der Waals surface area contributed by atoms with Crippen LogP contribution in [-0.2, 0) is 28.7 Å². The van der Waals surface area contributed by atoms with Crippen molar-refractivity contribution in [3.63, 3.8) is 0 Å². The Hall–Kier alpha value is -2.57. The third-order valence-corrected chi connectivity index (χ3v) is 2.70. The predicted octanol–water partition coefficient (Wildman–Crippen LogP) is -3.05. The van der Waals surface area contributed by atoms with Crippen LogP contribution >= 0.6 is 0 Å². The van der Waals surface area contributed by atoms with Gasteiger partial charge >= 0.3 is 23.9 Å². The molecule has 0 aromatic carbocycles. The van der Waals surface area contributed by atoms with Crippen molar-refractivity contribution in [1.82, 2.24) is 0 Å². The summed E-state index contributed by atoms with van der Waals surface area (Å²) in [7, 11) is 5.66. The summed E-state index contributed by atoms with van der Waals surface area (Å²) in [5.41, 5.74) is -2.78. The fraction of sp³-hybridized carbons (Fsp3) is 0.667. The molecule has 156 valence electrons. The number of carboxylic acids is 3. The number of carboxylic acid groups (broad SMARTS) is 3. The minimum absolute atomic E-state index is 0.282. The molecule has 0 heterocycles. The van der Waals surface area contributed by atoms with Crippen molar-refractivity contribution in [1.29, 1.82) is 0 Å². The third-order valence-electron chi connectivity index (χ3n) is 2.70. The van der Waals surface area contributed by atoms with E-state index < -0.39 is 54.4 Å². The molecule has 0 spiro atoms. The smallest absolute Gasteiger partial charge is 0.336 e. The van der Waals surface area contributed by atoms with Gasteiger partial charge < -0.3 is 39.5 Å². The zero-order valence-electron chi connectivity index (χ0n) is 15.5. The van der Waals surface area contributed by atoms with E-state index in [1.54, 1.807) is 0 Å². The highest BCUT2D eigenvalue weighted by Gasteiger charge is 2.41. The summed E-state index contributed by atoms with van der Waals surface area (Å²) in [4.78, 5) is 52.1. The molecule has 0 aromatic rings. The van der Waals surface area contributed by atoms with Crippen molar-refractivity contribution < 1.29 is 58.7 Å². The first-order valence-electron chi connectivity index (χ1n) is 7.55. The lowest BCUT2D eigenvalue weighted by Crippen LogP contribution is -2.43. The van der Waals surface area contributed by atoms with Crippen LogP contribution in [0.4, 0.5) is 0 Å². The third kappa shape index (κ3) is 15.4. The molecule has 0 aliphatic carbocycles. The van der Waals surface area contributed by atoms with Crippen LogP contribution in [0.15, 0.2) is 0 Å². The molecule has 0 rings (SSSR count). The molecule has 0 amide bonds. The first-order chi connectivity index (χ1) is 12.0. The van der Waals surface area contributed by atoms with Gasteiger partial charge in [-0.25, -0.2) is 4.79 Å². The number of esters is 2. The van der Waals surface area contributed by atoms with E-state index in [4.69, 9.17) is 15.3 Å². The Morgan fingerprint density at radius 2 is 1.56 bits per heavy atom. The summed E-state index contributed by atoms with van der Waals surface area (Å²) in [5, 5.41) is 45.4. The van der Waals surface area contributed by atoms with E-state index in [1.165, 1.54) is 0 Å². The molecule has 0 aliphatic heterocycles. The molecular weight excluding hydrogens is 370 g/mol. The second-order valence-electron chi connectivity index (χ2n) is 6.75. The number of aliphatic carboxylic acids is 3. The Labute approximate surface area is 155 Å². The SMILES string of the molecule is CC(=O)OC(=O)CC(O)(CC(=O)O)C(=O)O.C[N+](C)(C)C[C@H](O)CC(=O)[O-]. The van der Waals surface area contributed by atoms with Crippen molar-refractivity contribution in [2.24, 2.45) is 0 Å². The van der Waals surface area contributed by atoms with Crippen LogP contribution in [0.3, 0.4) is 0 Å². The highest BCUT2D eigenvalue weighted by Crippen LogP contribution is 2.17. The highest BCUT2D eigenvalue weighted by molar-refractivity contribution is 5.91. The van der Waals surface area contributed by atoms with Crippen molar-refractivity contribution in [2.75, 3.05) is 27.7 Å². The van der Waals surface area contributed by atoms with Gasteiger partial charge in [0.1, 0.15) is 12.6 Å². The van der Waals surface area contributed by atoms with E-state index in [0.29, 0.717) is 11.0 Å². The van der Waals surface area contributed by atoms with Gasteiger partial charge in [0.15, 0.2) is 5.60 Å². The number of aliphatic hydroxyl groups excluding tert-OH is 1. The van der Waals surface area contributed by atoms with Crippen LogP contribution in [0.5, 0.6) is 0 Å². The van der Waals surface area contributed by atoms with Crippen molar-refractivity contribution in [3.05, 3.63) is 0 Å². The van der Waals surface area contributed by atoms with Crippen molar-refractivity contribution in [2.45, 2.75) is 37.9 Å². The quantitative estimate of drug-likeness (QED) is 0.176. The Morgan fingerprint density at radius 3 is 1.85 bits per heavy atom. The molecule has 12 nitrogen and oxygen atoms in total. The summed E-state index contributed by atoms with van der Waals surface area (Å²) < 4.78 is 4.53. The summed E-state index contributed by atoms with van der Waals surface area (Å²) >= 11 is 0. The van der Waals surface area contributed by atoms with Crippen LogP contribution in [0, 0.1) is 0 Å². The minimum atomic E-state index is -2.78. The number of carbonyl (C=O) groups excluding carboxylic acids is 3. The van der Waals surface area contributed by atoms with Crippen LogP contribution in [0.2, 0.25) is 0 Å². The highest BCUT2D eigenvalue weighted by atomic mass is 16.6. The number of nitrogens with zero attached hydrogens (tertiary/aromatic N) is 1. The van der Waals surface area contributed by atoms with Crippen molar-refractivity contribution in [3.8, 4) is 0 Å². The number of carbonyl (C=O) groups is 5. The Bertz CT molecular complexity index is 567. The van der Waals surface area contributed by atoms with Gasteiger partial charge in [-0.3, -0.25) is 14.4 Å². The number of quaternary nitrogens is 1. The molecule has 0 aromatic heterocycles. The molecule has 12 heteroatoms. The molecule has 0 aliphatic rings. The van der Waals surface area contributed by atoms with Crippen LogP contribution in [-0.4, -0.2) is 94.1 Å². The first kappa shape index (κ1) is 26.7. The minimum Gasteiger partial charge on any atom is -0.550 e. The van der Waals surface area contributed by atoms with E-state index in [2.05, 4.69) is 4.74 Å². The lowest BCUT2D eigenvalue weighted by Gasteiger charge is -2.26. The van der Waals surface area contributed by atoms with Crippen LogP contribution in [0.1, 0.15) is 26.2 Å². The molecule has 0 fully saturated rings. The molecule has 1 unspecified atom stereocenters. The van der Waals surface area contributed by atoms with Gasteiger partial charge in [-0.15, -0.1) is 0 Å². The van der Waals surface area contributed by atoms with Gasteiger partial charge in [-0.05, 0) is 0 Å². The zero-order valence-corrected chi connectivity index (χ0v) is 15.5. The second-order valence-corrected chi connectivity index (χ2v) is 6.75. The van der Waals surface area contributed by atoms with Gasteiger partial charge in [-0.2, -0.15) is 0 Å². The Balaban J connectivity index is 0. The van der Waals surface area contributed by atoms with E-state index in [-0.39, 0.29) is 6.42 Å². The zero-order chi connectivity index (χ0) is 22.0. The van der Waals surface area contributed by atoms with Gasteiger partial charge in [0.2, 0.25) is 0 Å². The molecule has 27 heavy (non-hydrogen) atoms. The summed E-state index contributed by atoms with van der Waals surface area (Å²) in [5.74, 6) is -6.96. The van der Waals surface area contributed by atoms with Gasteiger partial charge in [0.25, 0.3) is 0 Å². The van der Waals surface area contributed by atoms with Crippen LogP contribution in [0.25, 0.3) is 0 Å².